The molecule has 0 atom stereocenters. The molecule has 5 aromatic rings. The number of carbonyl (C=O) groups excluding carboxylic acids is 1. The van der Waals surface area contributed by atoms with E-state index in [0.717, 1.165) is 12.0 Å². The minimum atomic E-state index is -4.93. The second-order valence-corrected chi connectivity index (χ2v) is 20.5. The first-order valence-electron chi connectivity index (χ1n) is 11.3. The standard InChI is InChI=1S/C7H6O2.4C6H5.Sb/c8-5-6-1-3-7(9)4-2-6;4*1-2-4-6-5-3-1;/h1-5,9H;4*1-5H;/q;;;;;+1/p-1. The van der Waals surface area contributed by atoms with Crippen LogP contribution >= 0.6 is 0 Å². The molecular formula is C31H25O2Sb. The van der Waals surface area contributed by atoms with Crippen molar-refractivity contribution in [2.75, 3.05) is 0 Å². The Balaban J connectivity index is 1.99. The third kappa shape index (κ3) is 3.47. The van der Waals surface area contributed by atoms with Gasteiger partial charge in [0.2, 0.25) is 0 Å². The van der Waals surface area contributed by atoms with Crippen LogP contribution < -0.4 is 17.1 Å². The Bertz CT molecular complexity index is 1200. The van der Waals surface area contributed by atoms with E-state index in [-0.39, 0.29) is 0 Å². The van der Waals surface area contributed by atoms with Gasteiger partial charge in [0.25, 0.3) is 0 Å². The van der Waals surface area contributed by atoms with Gasteiger partial charge in [-0.05, 0) is 0 Å². The summed E-state index contributed by atoms with van der Waals surface area (Å²) in [5.74, 6) is 0.743. The molecule has 0 radical (unpaired) electrons. The zero-order valence-electron chi connectivity index (χ0n) is 18.7. The summed E-state index contributed by atoms with van der Waals surface area (Å²) in [6, 6.07) is 50.0. The van der Waals surface area contributed by atoms with Gasteiger partial charge in [0.15, 0.2) is 0 Å². The fraction of sp³-hybridized carbons (Fsp3) is 0. The van der Waals surface area contributed by atoms with Crippen molar-refractivity contribution >= 4 is 38.1 Å². The van der Waals surface area contributed by atoms with Gasteiger partial charge in [0.1, 0.15) is 0 Å². The van der Waals surface area contributed by atoms with Gasteiger partial charge in [0.05, 0.1) is 0 Å². The van der Waals surface area contributed by atoms with Crippen LogP contribution in [-0.2, 0) is 0 Å². The van der Waals surface area contributed by atoms with Crippen LogP contribution in [0, 0.1) is 0 Å². The predicted octanol–water partition coefficient (Wildman–Crippen LogP) is 4.41. The Morgan fingerprint density at radius 3 is 1.06 bits per heavy atom. The Morgan fingerprint density at radius 1 is 0.441 bits per heavy atom. The van der Waals surface area contributed by atoms with Crippen molar-refractivity contribution in [1.82, 2.24) is 0 Å². The Kier molecular flexibility index (Phi) is 6.09. The normalized spacial score (nSPS) is 12.3. The van der Waals surface area contributed by atoms with Crippen LogP contribution in [0.3, 0.4) is 0 Å². The van der Waals surface area contributed by atoms with E-state index in [1.165, 1.54) is 14.0 Å². The van der Waals surface area contributed by atoms with Crippen molar-refractivity contribution < 1.29 is 7.81 Å². The van der Waals surface area contributed by atoms with Crippen LogP contribution in [0.2, 0.25) is 0 Å². The van der Waals surface area contributed by atoms with Crippen LogP contribution in [0.25, 0.3) is 0 Å². The van der Waals surface area contributed by atoms with E-state index in [0.29, 0.717) is 5.56 Å². The summed E-state index contributed by atoms with van der Waals surface area (Å²) in [5, 5.41) is 0. The van der Waals surface area contributed by atoms with E-state index in [1.54, 1.807) is 0 Å². The molecule has 5 aromatic carbocycles. The average molecular weight is 551 g/mol. The monoisotopic (exact) mass is 550 g/mol. The molecule has 0 unspecified atom stereocenters. The van der Waals surface area contributed by atoms with Crippen LogP contribution in [0.15, 0.2) is 146 Å². The van der Waals surface area contributed by atoms with Gasteiger partial charge in [-0.25, -0.2) is 0 Å². The molecule has 0 aromatic heterocycles. The Labute approximate surface area is 202 Å². The molecule has 0 aliphatic carbocycles. The SMILES string of the molecule is O=Cc1ccc([O][Sb]([c]2ccccc2)([c]2ccccc2)([c]2ccccc2)[c]2ccccc2)cc1. The number of hydrogen-bond acceptors (Lipinski definition) is 2. The summed E-state index contributed by atoms with van der Waals surface area (Å²) >= 11 is -4.93. The maximum atomic E-state index is 11.3. The van der Waals surface area contributed by atoms with Crippen molar-refractivity contribution in [2.24, 2.45) is 0 Å². The minimum absolute atomic E-state index is 0.625. The number of benzene rings is 5. The molecule has 0 bridgehead atoms. The van der Waals surface area contributed by atoms with E-state index in [2.05, 4.69) is 97.1 Å². The van der Waals surface area contributed by atoms with E-state index < -0.39 is 17.8 Å². The molecule has 0 amide bonds. The predicted molar refractivity (Wildman–Crippen MR) is 143 cm³/mol. The first-order valence-corrected chi connectivity index (χ1v) is 17.4. The second-order valence-electron chi connectivity index (χ2n) is 8.16. The first kappa shape index (κ1) is 22.2. The molecule has 166 valence electrons. The van der Waals surface area contributed by atoms with Gasteiger partial charge in [0, 0.05) is 0 Å². The molecule has 3 heteroatoms. The van der Waals surface area contributed by atoms with E-state index in [4.69, 9.17) is 3.02 Å². The summed E-state index contributed by atoms with van der Waals surface area (Å²) in [5.41, 5.74) is 0.625. The molecular weight excluding hydrogens is 526 g/mol. The number of hydrogen-bond donors (Lipinski definition) is 0. The van der Waals surface area contributed by atoms with Gasteiger partial charge >= 0.3 is 203 Å². The molecule has 0 saturated heterocycles. The third-order valence-corrected chi connectivity index (χ3v) is 22.6. The zero-order chi connectivity index (χ0) is 23.3. The van der Waals surface area contributed by atoms with E-state index in [9.17, 15) is 4.79 Å². The quantitative estimate of drug-likeness (QED) is 0.222. The van der Waals surface area contributed by atoms with Gasteiger partial charge in [-0.1, -0.05) is 0 Å². The van der Waals surface area contributed by atoms with Gasteiger partial charge in [-0.2, -0.15) is 0 Å². The molecule has 2 nitrogen and oxygen atoms in total. The Morgan fingerprint density at radius 2 is 0.765 bits per heavy atom. The van der Waals surface area contributed by atoms with Crippen LogP contribution in [-0.4, -0.2) is 24.1 Å². The van der Waals surface area contributed by atoms with Crippen molar-refractivity contribution in [3.8, 4) is 5.75 Å². The molecule has 0 aliphatic heterocycles. The molecule has 0 fully saturated rings. The number of rotatable bonds is 7. The van der Waals surface area contributed by atoms with Crippen LogP contribution in [0.1, 0.15) is 10.4 Å². The van der Waals surface area contributed by atoms with Gasteiger partial charge in [-0.15, -0.1) is 0 Å². The summed E-state index contributed by atoms with van der Waals surface area (Å²) in [6.07, 6.45) is 0.859. The topological polar surface area (TPSA) is 26.3 Å². The first-order chi connectivity index (χ1) is 16.8. The van der Waals surface area contributed by atoms with E-state index >= 15 is 0 Å². The fourth-order valence-electron chi connectivity index (χ4n) is 4.77. The second kappa shape index (κ2) is 9.33. The summed E-state index contributed by atoms with van der Waals surface area (Å²) in [6.45, 7) is 0. The van der Waals surface area contributed by atoms with Crippen molar-refractivity contribution in [3.63, 3.8) is 0 Å². The molecule has 5 rings (SSSR count). The molecule has 0 heterocycles. The van der Waals surface area contributed by atoms with Crippen LogP contribution in [0.5, 0.6) is 5.75 Å². The van der Waals surface area contributed by atoms with Gasteiger partial charge < -0.3 is 0 Å². The zero-order valence-corrected chi connectivity index (χ0v) is 21.3. The third-order valence-electron chi connectivity index (χ3n) is 6.30. The van der Waals surface area contributed by atoms with Gasteiger partial charge in [-0.3, -0.25) is 0 Å². The number of aldehydes is 1. The molecule has 34 heavy (non-hydrogen) atoms. The van der Waals surface area contributed by atoms with Crippen molar-refractivity contribution in [3.05, 3.63) is 151 Å². The summed E-state index contributed by atoms with van der Waals surface area (Å²) in [4.78, 5) is 11.3. The maximum absolute atomic E-state index is 11.3. The summed E-state index contributed by atoms with van der Waals surface area (Å²) in [7, 11) is 0. The summed E-state index contributed by atoms with van der Waals surface area (Å²) < 4.78 is 12.2. The van der Waals surface area contributed by atoms with E-state index in [1.807, 2.05) is 48.5 Å². The Hall–Kier alpha value is -3.61. The van der Waals surface area contributed by atoms with Crippen molar-refractivity contribution in [1.29, 1.82) is 0 Å². The fourth-order valence-corrected chi connectivity index (χ4v) is 21.1. The molecule has 0 aliphatic rings. The van der Waals surface area contributed by atoms with Crippen molar-refractivity contribution in [2.45, 2.75) is 0 Å². The average Bonchev–Trinajstić information content (AvgIpc) is 2.94. The molecule has 0 spiro atoms. The molecule has 0 saturated carbocycles. The van der Waals surface area contributed by atoms with Crippen LogP contribution in [0.4, 0.5) is 0 Å². The molecule has 0 N–H and O–H groups in total. The number of carbonyl (C=O) groups is 1.